The summed E-state index contributed by atoms with van der Waals surface area (Å²) in [5.74, 6) is 0.963. The third-order valence-corrected chi connectivity index (χ3v) is 3.39. The molecule has 0 fully saturated rings. The van der Waals surface area contributed by atoms with Crippen molar-refractivity contribution < 1.29 is 9.84 Å². The molecular weight excluding hydrogens is 238 g/mol. The Labute approximate surface area is 117 Å². The molecule has 1 atom stereocenters. The van der Waals surface area contributed by atoms with E-state index in [4.69, 9.17) is 4.74 Å². The predicted molar refractivity (Wildman–Crippen MR) is 79.9 cm³/mol. The third kappa shape index (κ3) is 5.21. The molecule has 1 aromatic rings. The van der Waals surface area contributed by atoms with Gasteiger partial charge in [0.05, 0.1) is 13.2 Å². The molecule has 0 saturated carbocycles. The molecule has 3 heteroatoms. The van der Waals surface area contributed by atoms with Crippen molar-refractivity contribution in [3.05, 3.63) is 28.8 Å². The Morgan fingerprint density at radius 2 is 2.00 bits per heavy atom. The quantitative estimate of drug-likeness (QED) is 0.759. The molecule has 0 bridgehead atoms. The first-order chi connectivity index (χ1) is 9.08. The zero-order valence-electron chi connectivity index (χ0n) is 12.6. The average Bonchev–Trinajstić information content (AvgIpc) is 2.39. The van der Waals surface area contributed by atoms with Gasteiger partial charge < -0.3 is 15.2 Å². The van der Waals surface area contributed by atoms with Gasteiger partial charge >= 0.3 is 0 Å². The lowest BCUT2D eigenvalue weighted by molar-refractivity contribution is 0.208. The fourth-order valence-corrected chi connectivity index (χ4v) is 2.07. The van der Waals surface area contributed by atoms with Crippen LogP contribution in [0.3, 0.4) is 0 Å². The lowest BCUT2D eigenvalue weighted by Gasteiger charge is -2.17. The first-order valence-electron chi connectivity index (χ1n) is 7.13. The lowest BCUT2D eigenvalue weighted by Crippen LogP contribution is -2.34. The maximum absolute atomic E-state index is 9.27. The molecule has 0 aliphatic carbocycles. The fraction of sp³-hybridized carbons (Fsp3) is 0.625. The van der Waals surface area contributed by atoms with Gasteiger partial charge in [-0.3, -0.25) is 0 Å². The van der Waals surface area contributed by atoms with Gasteiger partial charge in [0, 0.05) is 6.04 Å². The topological polar surface area (TPSA) is 41.5 Å². The standard InChI is InChI=1S/C16H27NO2/c1-5-7-17-15(11-18)6-8-19-16-10-12(2)9-13(3)14(16)4/h9-10,15,17-18H,5-8,11H2,1-4H3. The van der Waals surface area contributed by atoms with E-state index in [0.717, 1.165) is 25.1 Å². The lowest BCUT2D eigenvalue weighted by atomic mass is 10.1. The maximum atomic E-state index is 9.27. The van der Waals surface area contributed by atoms with Crippen LogP contribution >= 0.6 is 0 Å². The Hall–Kier alpha value is -1.06. The molecular formula is C16H27NO2. The molecule has 108 valence electrons. The van der Waals surface area contributed by atoms with E-state index >= 15 is 0 Å². The van der Waals surface area contributed by atoms with Gasteiger partial charge in [-0.1, -0.05) is 13.0 Å². The zero-order chi connectivity index (χ0) is 14.3. The van der Waals surface area contributed by atoms with E-state index < -0.39 is 0 Å². The van der Waals surface area contributed by atoms with Crippen LogP contribution in [0.4, 0.5) is 0 Å². The van der Waals surface area contributed by atoms with E-state index in [9.17, 15) is 5.11 Å². The molecule has 0 heterocycles. The SMILES string of the molecule is CCCNC(CO)CCOc1cc(C)cc(C)c1C. The van der Waals surface area contributed by atoms with Crippen LogP contribution in [-0.4, -0.2) is 30.9 Å². The highest BCUT2D eigenvalue weighted by molar-refractivity contribution is 5.41. The van der Waals surface area contributed by atoms with E-state index in [0.29, 0.717) is 6.61 Å². The van der Waals surface area contributed by atoms with Crippen molar-refractivity contribution in [2.24, 2.45) is 0 Å². The molecule has 3 nitrogen and oxygen atoms in total. The van der Waals surface area contributed by atoms with Crippen molar-refractivity contribution in [3.8, 4) is 5.75 Å². The Kier molecular flexibility index (Phi) is 6.89. The Morgan fingerprint density at radius 1 is 1.26 bits per heavy atom. The molecule has 0 radical (unpaired) electrons. The number of hydrogen-bond acceptors (Lipinski definition) is 3. The highest BCUT2D eigenvalue weighted by Crippen LogP contribution is 2.23. The number of ether oxygens (including phenoxy) is 1. The molecule has 0 aliphatic heterocycles. The fourth-order valence-electron chi connectivity index (χ4n) is 2.07. The number of hydrogen-bond donors (Lipinski definition) is 2. The number of rotatable bonds is 8. The minimum atomic E-state index is 0.131. The zero-order valence-corrected chi connectivity index (χ0v) is 12.6. The molecule has 0 aliphatic rings. The molecule has 1 unspecified atom stereocenters. The Bertz CT molecular complexity index is 391. The van der Waals surface area contributed by atoms with E-state index in [1.165, 1.54) is 16.7 Å². The summed E-state index contributed by atoms with van der Waals surface area (Å²) in [7, 11) is 0. The van der Waals surface area contributed by atoms with Crippen LogP contribution in [-0.2, 0) is 0 Å². The van der Waals surface area contributed by atoms with E-state index in [-0.39, 0.29) is 12.6 Å². The summed E-state index contributed by atoms with van der Waals surface area (Å²) in [4.78, 5) is 0. The molecule has 0 saturated heterocycles. The summed E-state index contributed by atoms with van der Waals surface area (Å²) in [6, 6.07) is 4.38. The maximum Gasteiger partial charge on any atom is 0.122 e. The minimum absolute atomic E-state index is 0.131. The molecule has 0 aromatic heterocycles. The second-order valence-electron chi connectivity index (χ2n) is 5.18. The molecule has 0 spiro atoms. The van der Waals surface area contributed by atoms with Crippen LogP contribution in [0.25, 0.3) is 0 Å². The number of aliphatic hydroxyl groups excluding tert-OH is 1. The second-order valence-corrected chi connectivity index (χ2v) is 5.18. The van der Waals surface area contributed by atoms with Crippen molar-refractivity contribution in [3.63, 3.8) is 0 Å². The molecule has 1 rings (SSSR count). The largest absolute Gasteiger partial charge is 0.493 e. The number of nitrogens with one attached hydrogen (secondary N) is 1. The number of aliphatic hydroxyl groups is 1. The molecule has 19 heavy (non-hydrogen) atoms. The van der Waals surface area contributed by atoms with Crippen LogP contribution in [0.5, 0.6) is 5.75 Å². The predicted octanol–water partition coefficient (Wildman–Crippen LogP) is 2.74. The highest BCUT2D eigenvalue weighted by atomic mass is 16.5. The van der Waals surface area contributed by atoms with Crippen LogP contribution in [0.2, 0.25) is 0 Å². The van der Waals surface area contributed by atoms with Crippen molar-refractivity contribution in [1.82, 2.24) is 5.32 Å². The van der Waals surface area contributed by atoms with Crippen molar-refractivity contribution >= 4 is 0 Å². The summed E-state index contributed by atoms with van der Waals surface area (Å²) in [5.41, 5.74) is 3.69. The average molecular weight is 265 g/mol. The van der Waals surface area contributed by atoms with Gasteiger partial charge in [-0.15, -0.1) is 0 Å². The van der Waals surface area contributed by atoms with Gasteiger partial charge in [-0.05, 0) is 62.9 Å². The summed E-state index contributed by atoms with van der Waals surface area (Å²) >= 11 is 0. The van der Waals surface area contributed by atoms with Crippen molar-refractivity contribution in [2.75, 3.05) is 19.8 Å². The summed E-state index contributed by atoms with van der Waals surface area (Å²) < 4.78 is 5.86. The number of benzene rings is 1. The van der Waals surface area contributed by atoms with E-state index in [1.54, 1.807) is 0 Å². The van der Waals surface area contributed by atoms with Gasteiger partial charge in [-0.2, -0.15) is 0 Å². The normalized spacial score (nSPS) is 12.5. The monoisotopic (exact) mass is 265 g/mol. The van der Waals surface area contributed by atoms with Crippen LogP contribution < -0.4 is 10.1 Å². The first kappa shape index (κ1) is 16.0. The van der Waals surface area contributed by atoms with E-state index in [2.05, 4.69) is 45.1 Å². The van der Waals surface area contributed by atoms with Gasteiger partial charge in [0.2, 0.25) is 0 Å². The molecule has 2 N–H and O–H groups in total. The Balaban J connectivity index is 2.48. The van der Waals surface area contributed by atoms with Gasteiger partial charge in [0.1, 0.15) is 5.75 Å². The second kappa shape index (κ2) is 8.18. The highest BCUT2D eigenvalue weighted by Gasteiger charge is 2.08. The van der Waals surface area contributed by atoms with Gasteiger partial charge in [0.15, 0.2) is 0 Å². The molecule has 0 amide bonds. The minimum Gasteiger partial charge on any atom is -0.493 e. The summed E-state index contributed by atoms with van der Waals surface area (Å²) in [6.45, 7) is 10.1. The Morgan fingerprint density at radius 3 is 2.63 bits per heavy atom. The summed E-state index contributed by atoms with van der Waals surface area (Å²) in [6.07, 6.45) is 1.90. The van der Waals surface area contributed by atoms with Crippen molar-refractivity contribution in [1.29, 1.82) is 0 Å². The molecule has 1 aromatic carbocycles. The third-order valence-electron chi connectivity index (χ3n) is 3.39. The van der Waals surface area contributed by atoms with Crippen molar-refractivity contribution in [2.45, 2.75) is 46.6 Å². The van der Waals surface area contributed by atoms with E-state index in [1.807, 2.05) is 0 Å². The smallest absolute Gasteiger partial charge is 0.122 e. The van der Waals surface area contributed by atoms with Crippen LogP contribution in [0.15, 0.2) is 12.1 Å². The van der Waals surface area contributed by atoms with Crippen LogP contribution in [0, 0.1) is 20.8 Å². The van der Waals surface area contributed by atoms with Gasteiger partial charge in [0.25, 0.3) is 0 Å². The van der Waals surface area contributed by atoms with Gasteiger partial charge in [-0.25, -0.2) is 0 Å². The number of aryl methyl sites for hydroxylation is 2. The summed E-state index contributed by atoms with van der Waals surface area (Å²) in [5, 5.41) is 12.6. The van der Waals surface area contributed by atoms with Crippen LogP contribution in [0.1, 0.15) is 36.5 Å². The first-order valence-corrected chi connectivity index (χ1v) is 7.13.